The summed E-state index contributed by atoms with van der Waals surface area (Å²) >= 11 is 0. The maximum Gasteiger partial charge on any atom is 0.193 e. The molecule has 0 aliphatic heterocycles. The SMILES string of the molecule is Cc1nc2c(cc1CNCc1ccccc1)c(=O)cc(Nc1ccccc1)n2-c1ccccc1. The second kappa shape index (κ2) is 9.73. The van der Waals surface area contributed by atoms with E-state index in [4.69, 9.17) is 4.98 Å². The van der Waals surface area contributed by atoms with Crippen LogP contribution < -0.4 is 16.1 Å². The van der Waals surface area contributed by atoms with E-state index in [1.807, 2.05) is 96.4 Å². The number of hydrogen-bond donors (Lipinski definition) is 2. The molecule has 5 nitrogen and oxygen atoms in total. The summed E-state index contributed by atoms with van der Waals surface area (Å²) in [4.78, 5) is 18.1. The van der Waals surface area contributed by atoms with Gasteiger partial charge in [-0.05, 0) is 48.4 Å². The third-order valence-electron chi connectivity index (χ3n) is 5.83. The number of para-hydroxylation sites is 2. The normalized spacial score (nSPS) is 11.0. The molecule has 5 heteroatoms. The zero-order valence-corrected chi connectivity index (χ0v) is 19.0. The van der Waals surface area contributed by atoms with Crippen molar-refractivity contribution in [3.63, 3.8) is 0 Å². The van der Waals surface area contributed by atoms with Crippen LogP contribution in [0.2, 0.25) is 0 Å². The first kappa shape index (κ1) is 21.6. The Hall–Kier alpha value is -4.22. The van der Waals surface area contributed by atoms with Gasteiger partial charge in [-0.1, -0.05) is 66.7 Å². The smallest absolute Gasteiger partial charge is 0.193 e. The molecule has 0 amide bonds. The summed E-state index contributed by atoms with van der Waals surface area (Å²) in [5, 5.41) is 7.47. The van der Waals surface area contributed by atoms with E-state index in [1.165, 1.54) is 5.56 Å². The average Bonchev–Trinajstić information content (AvgIpc) is 2.87. The number of benzene rings is 3. The lowest BCUT2D eigenvalue weighted by Crippen LogP contribution is -2.17. The second-order valence-corrected chi connectivity index (χ2v) is 8.25. The van der Waals surface area contributed by atoms with Crippen molar-refractivity contribution < 1.29 is 0 Å². The quantitative estimate of drug-likeness (QED) is 0.335. The highest BCUT2D eigenvalue weighted by atomic mass is 16.1. The highest BCUT2D eigenvalue weighted by Crippen LogP contribution is 2.25. The van der Waals surface area contributed by atoms with Gasteiger partial charge in [0.2, 0.25) is 0 Å². The molecule has 0 radical (unpaired) electrons. The molecule has 2 N–H and O–H groups in total. The van der Waals surface area contributed by atoms with Gasteiger partial charge in [-0.3, -0.25) is 9.36 Å². The van der Waals surface area contributed by atoms with Crippen molar-refractivity contribution >= 4 is 22.5 Å². The van der Waals surface area contributed by atoms with Crippen LogP contribution in [0.1, 0.15) is 16.8 Å². The Balaban J connectivity index is 1.57. The Morgan fingerprint density at radius 3 is 2.15 bits per heavy atom. The van der Waals surface area contributed by atoms with Crippen LogP contribution in [0, 0.1) is 6.92 Å². The largest absolute Gasteiger partial charge is 0.341 e. The van der Waals surface area contributed by atoms with Gasteiger partial charge in [0.25, 0.3) is 0 Å². The number of nitrogens with one attached hydrogen (secondary N) is 2. The number of fused-ring (bicyclic) bond motifs is 1. The van der Waals surface area contributed by atoms with E-state index >= 15 is 0 Å². The molecule has 168 valence electrons. The molecule has 0 fully saturated rings. The lowest BCUT2D eigenvalue weighted by atomic mass is 10.1. The molecular formula is C29H26N4O. The summed E-state index contributed by atoms with van der Waals surface area (Å²) in [6, 6.07) is 33.7. The van der Waals surface area contributed by atoms with E-state index in [-0.39, 0.29) is 5.43 Å². The van der Waals surface area contributed by atoms with Crippen LogP contribution in [-0.4, -0.2) is 9.55 Å². The van der Waals surface area contributed by atoms with Gasteiger partial charge in [0.1, 0.15) is 11.5 Å². The second-order valence-electron chi connectivity index (χ2n) is 8.25. The van der Waals surface area contributed by atoms with E-state index in [0.717, 1.165) is 29.2 Å². The van der Waals surface area contributed by atoms with Gasteiger partial charge in [-0.2, -0.15) is 0 Å². The summed E-state index contributed by atoms with van der Waals surface area (Å²) in [5.74, 6) is 0.678. The van der Waals surface area contributed by atoms with E-state index < -0.39 is 0 Å². The Kier molecular flexibility index (Phi) is 6.19. The molecule has 3 aromatic carbocycles. The van der Waals surface area contributed by atoms with E-state index in [0.29, 0.717) is 23.4 Å². The third kappa shape index (κ3) is 4.60. The van der Waals surface area contributed by atoms with Crippen molar-refractivity contribution in [2.75, 3.05) is 5.32 Å². The van der Waals surface area contributed by atoms with Gasteiger partial charge < -0.3 is 10.6 Å². The minimum absolute atomic E-state index is 0.0579. The van der Waals surface area contributed by atoms with Crippen molar-refractivity contribution in [2.45, 2.75) is 20.0 Å². The first-order valence-electron chi connectivity index (χ1n) is 11.4. The third-order valence-corrected chi connectivity index (χ3v) is 5.83. The van der Waals surface area contributed by atoms with Crippen LogP contribution in [0.15, 0.2) is 108 Å². The maximum atomic E-state index is 13.2. The fraction of sp³-hybridized carbons (Fsp3) is 0.103. The number of pyridine rings is 2. The number of aromatic nitrogens is 2. The molecule has 0 aliphatic rings. The molecule has 2 aromatic heterocycles. The van der Waals surface area contributed by atoms with E-state index in [2.05, 4.69) is 22.8 Å². The van der Waals surface area contributed by atoms with Crippen LogP contribution in [0.3, 0.4) is 0 Å². The van der Waals surface area contributed by atoms with Crippen LogP contribution in [0.25, 0.3) is 16.7 Å². The van der Waals surface area contributed by atoms with E-state index in [9.17, 15) is 4.79 Å². The molecule has 0 spiro atoms. The number of hydrogen-bond acceptors (Lipinski definition) is 4. The minimum Gasteiger partial charge on any atom is -0.341 e. The standard InChI is InChI=1S/C29H26N4O/c1-21-23(20-30-19-22-11-5-2-6-12-22)17-26-27(34)18-28(32-24-13-7-3-8-14-24)33(29(26)31-21)25-15-9-4-10-16-25/h2-18,30,32H,19-20H2,1H3. The fourth-order valence-electron chi connectivity index (χ4n) is 4.08. The predicted molar refractivity (Wildman–Crippen MR) is 139 cm³/mol. The molecule has 0 unspecified atom stereocenters. The summed E-state index contributed by atoms with van der Waals surface area (Å²) in [6.45, 7) is 3.39. The number of nitrogens with zero attached hydrogens (tertiary/aromatic N) is 2. The molecule has 0 aliphatic carbocycles. The lowest BCUT2D eigenvalue weighted by Gasteiger charge is -2.19. The van der Waals surface area contributed by atoms with Crippen molar-refractivity contribution in [3.05, 3.63) is 130 Å². The Morgan fingerprint density at radius 1 is 0.794 bits per heavy atom. The molecule has 0 saturated heterocycles. The molecule has 0 atom stereocenters. The van der Waals surface area contributed by atoms with Crippen molar-refractivity contribution in [2.24, 2.45) is 0 Å². The summed E-state index contributed by atoms with van der Waals surface area (Å²) in [5.41, 5.74) is 5.56. The van der Waals surface area contributed by atoms with Gasteiger partial charge in [-0.25, -0.2) is 4.98 Å². The highest BCUT2D eigenvalue weighted by Gasteiger charge is 2.15. The van der Waals surface area contributed by atoms with Gasteiger partial charge in [-0.15, -0.1) is 0 Å². The Labute approximate surface area is 198 Å². The van der Waals surface area contributed by atoms with Crippen molar-refractivity contribution in [1.29, 1.82) is 0 Å². The summed E-state index contributed by atoms with van der Waals surface area (Å²) < 4.78 is 2.01. The zero-order chi connectivity index (χ0) is 23.3. The molecular weight excluding hydrogens is 420 g/mol. The highest BCUT2D eigenvalue weighted by molar-refractivity contribution is 5.81. The van der Waals surface area contributed by atoms with E-state index in [1.54, 1.807) is 6.07 Å². The van der Waals surface area contributed by atoms with Gasteiger partial charge >= 0.3 is 0 Å². The van der Waals surface area contributed by atoms with Gasteiger partial charge in [0.15, 0.2) is 5.43 Å². The van der Waals surface area contributed by atoms with Crippen LogP contribution >= 0.6 is 0 Å². The van der Waals surface area contributed by atoms with Gasteiger partial charge in [0.05, 0.1) is 5.39 Å². The number of aryl methyl sites for hydroxylation is 1. The fourth-order valence-corrected chi connectivity index (χ4v) is 4.08. The topological polar surface area (TPSA) is 59.0 Å². The monoisotopic (exact) mass is 446 g/mol. The first-order chi connectivity index (χ1) is 16.7. The Morgan fingerprint density at radius 2 is 1.44 bits per heavy atom. The maximum absolute atomic E-state index is 13.2. The van der Waals surface area contributed by atoms with Crippen LogP contribution in [0.4, 0.5) is 11.5 Å². The molecule has 5 rings (SSSR count). The van der Waals surface area contributed by atoms with Crippen molar-refractivity contribution in [1.82, 2.24) is 14.9 Å². The molecule has 5 aromatic rings. The van der Waals surface area contributed by atoms with Gasteiger partial charge in [0, 0.05) is 36.2 Å². The average molecular weight is 447 g/mol. The number of rotatable bonds is 7. The molecule has 34 heavy (non-hydrogen) atoms. The Bertz CT molecular complexity index is 1460. The summed E-state index contributed by atoms with van der Waals surface area (Å²) in [7, 11) is 0. The molecule has 0 bridgehead atoms. The van der Waals surface area contributed by atoms with Crippen LogP contribution in [0.5, 0.6) is 0 Å². The first-order valence-corrected chi connectivity index (χ1v) is 11.4. The molecule has 0 saturated carbocycles. The zero-order valence-electron chi connectivity index (χ0n) is 19.0. The number of anilines is 2. The lowest BCUT2D eigenvalue weighted by molar-refractivity contribution is 0.688. The van der Waals surface area contributed by atoms with Crippen molar-refractivity contribution in [3.8, 4) is 5.69 Å². The summed E-state index contributed by atoms with van der Waals surface area (Å²) in [6.07, 6.45) is 0. The molecule has 2 heterocycles. The predicted octanol–water partition coefficient (Wildman–Crippen LogP) is 5.73. The van der Waals surface area contributed by atoms with Crippen LogP contribution in [-0.2, 0) is 13.1 Å². The minimum atomic E-state index is -0.0579.